The van der Waals surface area contributed by atoms with Gasteiger partial charge in [-0.15, -0.1) is 0 Å². The van der Waals surface area contributed by atoms with E-state index in [1.807, 2.05) is 30.3 Å². The molecule has 2 aromatic carbocycles. The molecule has 2 aromatic heterocycles. The fourth-order valence-corrected chi connectivity index (χ4v) is 5.42. The van der Waals surface area contributed by atoms with Gasteiger partial charge in [-0.2, -0.15) is 9.40 Å². The number of nitrogens with zero attached hydrogens (tertiary/aromatic N) is 6. The van der Waals surface area contributed by atoms with Crippen molar-refractivity contribution in [2.75, 3.05) is 31.1 Å². The molecule has 3 heterocycles. The van der Waals surface area contributed by atoms with Gasteiger partial charge < -0.3 is 4.90 Å². The van der Waals surface area contributed by atoms with Gasteiger partial charge in [-0.25, -0.2) is 23.1 Å². The summed E-state index contributed by atoms with van der Waals surface area (Å²) in [6, 6.07) is 16.5. The number of hydrogen-bond donors (Lipinski definition) is 0. The van der Waals surface area contributed by atoms with Crippen molar-refractivity contribution in [3.8, 4) is 5.69 Å². The van der Waals surface area contributed by atoms with Gasteiger partial charge in [0, 0.05) is 30.7 Å². The van der Waals surface area contributed by atoms with E-state index in [1.54, 1.807) is 35.1 Å². The first kappa shape index (κ1) is 20.1. The molecule has 0 spiro atoms. The Morgan fingerprint density at radius 1 is 0.871 bits per heavy atom. The third kappa shape index (κ3) is 3.71. The monoisotopic (exact) mass is 498 g/mol. The normalized spacial score (nSPS) is 15.5. The maximum atomic E-state index is 13.0. The van der Waals surface area contributed by atoms with Crippen LogP contribution in [0.3, 0.4) is 0 Å². The van der Waals surface area contributed by atoms with Crippen LogP contribution >= 0.6 is 15.9 Å². The molecule has 10 heteroatoms. The lowest BCUT2D eigenvalue weighted by molar-refractivity contribution is 0.384. The SMILES string of the molecule is O=S(=O)(c1ccc(Br)cc1)N1CCN(c2ncnc3c2cnn3-c2ccccc2)CC1. The second-order valence-corrected chi connectivity index (χ2v) is 10.0. The molecule has 0 N–H and O–H groups in total. The molecule has 5 rings (SSSR count). The van der Waals surface area contributed by atoms with Gasteiger partial charge in [-0.3, -0.25) is 0 Å². The number of sulfonamides is 1. The summed E-state index contributed by atoms with van der Waals surface area (Å²) in [6.45, 7) is 1.85. The Morgan fingerprint density at radius 2 is 1.58 bits per heavy atom. The molecule has 1 aliphatic heterocycles. The van der Waals surface area contributed by atoms with Gasteiger partial charge in [0.15, 0.2) is 5.65 Å². The van der Waals surface area contributed by atoms with Crippen molar-refractivity contribution in [3.05, 3.63) is 71.6 Å². The Bertz CT molecular complexity index is 1320. The average molecular weight is 499 g/mol. The van der Waals surface area contributed by atoms with Crippen molar-refractivity contribution in [1.82, 2.24) is 24.1 Å². The van der Waals surface area contributed by atoms with E-state index in [1.165, 1.54) is 10.6 Å². The zero-order valence-corrected chi connectivity index (χ0v) is 18.9. The lowest BCUT2D eigenvalue weighted by Gasteiger charge is -2.34. The van der Waals surface area contributed by atoms with Crippen LogP contribution in [0, 0.1) is 0 Å². The minimum absolute atomic E-state index is 0.303. The van der Waals surface area contributed by atoms with E-state index in [0.717, 1.165) is 27.0 Å². The molecule has 0 unspecified atom stereocenters. The molecule has 0 atom stereocenters. The van der Waals surface area contributed by atoms with Gasteiger partial charge in [-0.05, 0) is 36.4 Å². The summed E-state index contributed by atoms with van der Waals surface area (Å²) < 4.78 is 30.1. The molecule has 0 bridgehead atoms. The Hall–Kier alpha value is -2.82. The first-order chi connectivity index (χ1) is 15.0. The third-order valence-corrected chi connectivity index (χ3v) is 7.78. The molecule has 0 radical (unpaired) electrons. The van der Waals surface area contributed by atoms with Crippen LogP contribution in [0.5, 0.6) is 0 Å². The van der Waals surface area contributed by atoms with Gasteiger partial charge in [0.1, 0.15) is 12.1 Å². The van der Waals surface area contributed by atoms with Gasteiger partial charge >= 0.3 is 0 Å². The molecule has 0 aliphatic carbocycles. The Balaban J connectivity index is 1.39. The van der Waals surface area contributed by atoms with Crippen molar-refractivity contribution in [2.45, 2.75) is 4.90 Å². The molecule has 1 aliphatic rings. The topological polar surface area (TPSA) is 84.2 Å². The summed E-state index contributed by atoms with van der Waals surface area (Å²) in [4.78, 5) is 11.3. The second kappa shape index (κ2) is 8.03. The molecule has 4 aromatic rings. The summed E-state index contributed by atoms with van der Waals surface area (Å²) in [5.41, 5.74) is 1.65. The fraction of sp³-hybridized carbons (Fsp3) is 0.190. The van der Waals surface area contributed by atoms with Gasteiger partial charge in [0.2, 0.25) is 10.0 Å². The number of halogens is 1. The van der Waals surface area contributed by atoms with Crippen LogP contribution in [-0.2, 0) is 10.0 Å². The van der Waals surface area contributed by atoms with Crippen LogP contribution in [0.1, 0.15) is 0 Å². The van der Waals surface area contributed by atoms with Crippen molar-refractivity contribution >= 4 is 42.8 Å². The van der Waals surface area contributed by atoms with Crippen molar-refractivity contribution in [3.63, 3.8) is 0 Å². The molecule has 1 fully saturated rings. The number of para-hydroxylation sites is 1. The first-order valence-corrected chi connectivity index (χ1v) is 12.0. The van der Waals surface area contributed by atoms with Crippen LogP contribution in [0.15, 0.2) is 76.5 Å². The number of piperazine rings is 1. The molecule has 0 amide bonds. The number of rotatable bonds is 4. The van der Waals surface area contributed by atoms with E-state index >= 15 is 0 Å². The van der Waals surface area contributed by atoms with Crippen molar-refractivity contribution < 1.29 is 8.42 Å². The summed E-state index contributed by atoms with van der Waals surface area (Å²) in [5, 5.41) is 5.34. The van der Waals surface area contributed by atoms with E-state index in [0.29, 0.717) is 31.1 Å². The van der Waals surface area contributed by atoms with Crippen LogP contribution in [0.4, 0.5) is 5.82 Å². The minimum atomic E-state index is -3.52. The van der Waals surface area contributed by atoms with Crippen LogP contribution in [-0.4, -0.2) is 58.7 Å². The molecule has 0 saturated carbocycles. The zero-order chi connectivity index (χ0) is 21.4. The predicted molar refractivity (Wildman–Crippen MR) is 122 cm³/mol. The van der Waals surface area contributed by atoms with E-state index in [4.69, 9.17) is 0 Å². The number of benzene rings is 2. The second-order valence-electron chi connectivity index (χ2n) is 7.17. The number of anilines is 1. The highest BCUT2D eigenvalue weighted by Crippen LogP contribution is 2.27. The minimum Gasteiger partial charge on any atom is -0.353 e. The van der Waals surface area contributed by atoms with E-state index in [2.05, 4.69) is 35.9 Å². The van der Waals surface area contributed by atoms with Gasteiger partial charge in [0.05, 0.1) is 22.2 Å². The Morgan fingerprint density at radius 3 is 2.29 bits per heavy atom. The van der Waals surface area contributed by atoms with Crippen molar-refractivity contribution in [2.24, 2.45) is 0 Å². The summed E-state index contributed by atoms with van der Waals surface area (Å²) in [5.74, 6) is 0.771. The predicted octanol–water partition coefficient (Wildman–Crippen LogP) is 3.09. The smallest absolute Gasteiger partial charge is 0.243 e. The number of fused-ring (bicyclic) bond motifs is 1. The fourth-order valence-electron chi connectivity index (χ4n) is 3.74. The first-order valence-electron chi connectivity index (χ1n) is 9.79. The average Bonchev–Trinajstić information content (AvgIpc) is 3.24. The lowest BCUT2D eigenvalue weighted by Crippen LogP contribution is -2.49. The van der Waals surface area contributed by atoms with Crippen LogP contribution in [0.2, 0.25) is 0 Å². The summed E-state index contributed by atoms with van der Waals surface area (Å²) in [6.07, 6.45) is 3.30. The molecular formula is C21H19BrN6O2S. The lowest BCUT2D eigenvalue weighted by atomic mass is 10.3. The molecule has 1 saturated heterocycles. The molecule has 8 nitrogen and oxygen atoms in total. The Labute approximate surface area is 188 Å². The standard InChI is InChI=1S/C21H19BrN6O2S/c22-16-6-8-18(9-7-16)31(29,30)27-12-10-26(11-13-27)20-19-14-25-28(21(19)24-15-23-20)17-4-2-1-3-5-17/h1-9,14-15H,10-13H2. The maximum absolute atomic E-state index is 13.0. The summed E-state index contributed by atoms with van der Waals surface area (Å²) in [7, 11) is -3.52. The Kier molecular flexibility index (Phi) is 5.20. The molecule has 158 valence electrons. The molecular weight excluding hydrogens is 480 g/mol. The number of hydrogen-bond acceptors (Lipinski definition) is 6. The van der Waals surface area contributed by atoms with Crippen LogP contribution in [0.25, 0.3) is 16.7 Å². The third-order valence-electron chi connectivity index (χ3n) is 5.34. The van der Waals surface area contributed by atoms with Gasteiger partial charge in [0.25, 0.3) is 0 Å². The van der Waals surface area contributed by atoms with Crippen LogP contribution < -0.4 is 4.90 Å². The number of aromatic nitrogens is 4. The largest absolute Gasteiger partial charge is 0.353 e. The molecule has 31 heavy (non-hydrogen) atoms. The highest BCUT2D eigenvalue weighted by molar-refractivity contribution is 9.10. The zero-order valence-electron chi connectivity index (χ0n) is 16.5. The van der Waals surface area contributed by atoms with Gasteiger partial charge in [-0.1, -0.05) is 34.1 Å². The highest BCUT2D eigenvalue weighted by atomic mass is 79.9. The quantitative estimate of drug-likeness (QED) is 0.429. The van der Waals surface area contributed by atoms with Crippen molar-refractivity contribution in [1.29, 1.82) is 0 Å². The highest BCUT2D eigenvalue weighted by Gasteiger charge is 2.29. The maximum Gasteiger partial charge on any atom is 0.243 e. The summed E-state index contributed by atoms with van der Waals surface area (Å²) >= 11 is 3.34. The van der Waals surface area contributed by atoms with E-state index in [-0.39, 0.29) is 0 Å². The van der Waals surface area contributed by atoms with E-state index in [9.17, 15) is 8.42 Å². The van der Waals surface area contributed by atoms with E-state index < -0.39 is 10.0 Å².